The summed E-state index contributed by atoms with van der Waals surface area (Å²) in [6.45, 7) is 12.2. The van der Waals surface area contributed by atoms with E-state index >= 15 is 0 Å². The molecular formula is C23H26ClN3O2S. The fourth-order valence-corrected chi connectivity index (χ4v) is 4.22. The first-order valence-electron chi connectivity index (χ1n) is 9.66. The van der Waals surface area contributed by atoms with Gasteiger partial charge in [0.25, 0.3) is 0 Å². The molecule has 0 saturated carbocycles. The van der Waals surface area contributed by atoms with Crippen LogP contribution < -0.4 is 10.0 Å². The number of anilines is 1. The Labute approximate surface area is 183 Å². The van der Waals surface area contributed by atoms with E-state index in [0.717, 1.165) is 55.1 Å². The summed E-state index contributed by atoms with van der Waals surface area (Å²) in [5.41, 5.74) is 4.24. The van der Waals surface area contributed by atoms with Gasteiger partial charge in [-0.1, -0.05) is 49.0 Å². The van der Waals surface area contributed by atoms with Crippen molar-refractivity contribution in [3.63, 3.8) is 0 Å². The minimum Gasteiger partial charge on any atom is -0.369 e. The number of benzene rings is 2. The number of nitrogens with zero attached hydrogens (tertiary/aromatic N) is 2. The topological polar surface area (TPSA) is 66.6 Å². The van der Waals surface area contributed by atoms with Crippen molar-refractivity contribution >= 4 is 32.9 Å². The van der Waals surface area contributed by atoms with Crippen LogP contribution in [0.4, 0.5) is 5.69 Å². The molecule has 1 fully saturated rings. The number of allylic oxidation sites excluding steroid dienone is 2. The number of nitrogens with two attached hydrogens (primary N) is 1. The third-order valence-electron chi connectivity index (χ3n) is 5.25. The van der Waals surface area contributed by atoms with Crippen LogP contribution in [0.25, 0.3) is 5.57 Å². The number of primary sulfonamides is 1. The molecule has 5 nitrogen and oxygen atoms in total. The molecule has 7 heteroatoms. The maximum absolute atomic E-state index is 11.4. The van der Waals surface area contributed by atoms with E-state index in [2.05, 4.69) is 23.0 Å². The van der Waals surface area contributed by atoms with E-state index in [9.17, 15) is 8.42 Å². The number of hydrogen-bond donors (Lipinski definition) is 1. The molecule has 0 radical (unpaired) electrons. The Balaban J connectivity index is 1.67. The molecule has 0 amide bonds. The van der Waals surface area contributed by atoms with E-state index < -0.39 is 10.0 Å². The largest absolute Gasteiger partial charge is 0.369 e. The van der Waals surface area contributed by atoms with Gasteiger partial charge < -0.3 is 4.90 Å². The molecule has 0 atom stereocenters. The van der Waals surface area contributed by atoms with Crippen LogP contribution in [0.15, 0.2) is 84.3 Å². The van der Waals surface area contributed by atoms with Crippen LogP contribution in [0.2, 0.25) is 5.02 Å². The van der Waals surface area contributed by atoms with Gasteiger partial charge in [0.1, 0.15) is 0 Å². The lowest BCUT2D eigenvalue weighted by molar-refractivity contribution is 0.280. The van der Waals surface area contributed by atoms with Crippen molar-refractivity contribution in [1.82, 2.24) is 4.90 Å². The molecule has 1 aliphatic heterocycles. The van der Waals surface area contributed by atoms with E-state index in [-0.39, 0.29) is 4.90 Å². The SMILES string of the molecule is C=C/C(CN1CCN(c2ccc(S(N)(=O)=O)cc2)CC1)=C(\C=C)c1ccc(Cl)cc1. The second-order valence-corrected chi connectivity index (χ2v) is 9.15. The van der Waals surface area contributed by atoms with Crippen LogP contribution in [-0.2, 0) is 10.0 Å². The van der Waals surface area contributed by atoms with E-state index in [0.29, 0.717) is 5.02 Å². The van der Waals surface area contributed by atoms with Crippen molar-refractivity contribution in [1.29, 1.82) is 0 Å². The number of rotatable bonds is 7. The lowest BCUT2D eigenvalue weighted by Crippen LogP contribution is -2.46. The number of halogens is 1. The summed E-state index contributed by atoms with van der Waals surface area (Å²) in [6.07, 6.45) is 3.76. The van der Waals surface area contributed by atoms with Gasteiger partial charge >= 0.3 is 0 Å². The summed E-state index contributed by atoms with van der Waals surface area (Å²) in [5, 5.41) is 5.88. The highest BCUT2D eigenvalue weighted by Crippen LogP contribution is 2.24. The van der Waals surface area contributed by atoms with Crippen LogP contribution in [-0.4, -0.2) is 46.0 Å². The summed E-state index contributed by atoms with van der Waals surface area (Å²) in [4.78, 5) is 4.75. The second kappa shape index (κ2) is 9.62. The van der Waals surface area contributed by atoms with Gasteiger partial charge in [0.2, 0.25) is 10.0 Å². The maximum atomic E-state index is 11.4. The number of hydrogen-bond acceptors (Lipinski definition) is 4. The first-order valence-corrected chi connectivity index (χ1v) is 11.6. The molecule has 2 N–H and O–H groups in total. The molecule has 0 unspecified atom stereocenters. The normalized spacial score (nSPS) is 16.1. The van der Waals surface area contributed by atoms with E-state index in [1.54, 1.807) is 24.3 Å². The van der Waals surface area contributed by atoms with Crippen LogP contribution in [0.3, 0.4) is 0 Å². The van der Waals surface area contributed by atoms with Crippen LogP contribution in [0.5, 0.6) is 0 Å². The molecule has 1 saturated heterocycles. The van der Waals surface area contributed by atoms with Crippen molar-refractivity contribution in [3.8, 4) is 0 Å². The molecule has 158 valence electrons. The molecule has 0 aromatic heterocycles. The van der Waals surface area contributed by atoms with Crippen molar-refractivity contribution in [2.75, 3.05) is 37.6 Å². The van der Waals surface area contributed by atoms with Crippen molar-refractivity contribution < 1.29 is 8.42 Å². The first kappa shape index (κ1) is 22.3. The van der Waals surface area contributed by atoms with Gasteiger partial charge in [-0.15, -0.1) is 0 Å². The smallest absolute Gasteiger partial charge is 0.238 e. The van der Waals surface area contributed by atoms with Gasteiger partial charge in [0, 0.05) is 43.4 Å². The van der Waals surface area contributed by atoms with Gasteiger partial charge in [-0.25, -0.2) is 13.6 Å². The van der Waals surface area contributed by atoms with Gasteiger partial charge in [0.15, 0.2) is 0 Å². The Morgan fingerprint density at radius 1 is 0.967 bits per heavy atom. The van der Waals surface area contributed by atoms with Crippen LogP contribution >= 0.6 is 11.6 Å². The average molecular weight is 444 g/mol. The summed E-state index contributed by atoms with van der Waals surface area (Å²) < 4.78 is 22.9. The zero-order valence-corrected chi connectivity index (χ0v) is 18.4. The predicted molar refractivity (Wildman–Crippen MR) is 125 cm³/mol. The summed E-state index contributed by atoms with van der Waals surface area (Å²) in [7, 11) is -3.67. The maximum Gasteiger partial charge on any atom is 0.238 e. The summed E-state index contributed by atoms with van der Waals surface area (Å²) in [5.74, 6) is 0. The Hall–Kier alpha value is -2.38. The molecule has 30 heavy (non-hydrogen) atoms. The van der Waals surface area contributed by atoms with Crippen molar-refractivity contribution in [2.45, 2.75) is 4.90 Å². The molecule has 0 aliphatic carbocycles. The highest BCUT2D eigenvalue weighted by atomic mass is 35.5. The van der Waals surface area contributed by atoms with Gasteiger partial charge in [-0.3, -0.25) is 4.90 Å². The average Bonchev–Trinajstić information content (AvgIpc) is 2.74. The molecule has 3 rings (SSSR count). The summed E-state index contributed by atoms with van der Waals surface area (Å²) in [6, 6.07) is 14.5. The Kier molecular flexibility index (Phi) is 7.15. The first-order chi connectivity index (χ1) is 14.3. The van der Waals surface area contributed by atoms with Crippen LogP contribution in [0.1, 0.15) is 5.56 Å². The fraction of sp³-hybridized carbons (Fsp3) is 0.217. The molecule has 2 aromatic carbocycles. The molecular weight excluding hydrogens is 418 g/mol. The van der Waals surface area contributed by atoms with Crippen LogP contribution in [0, 0.1) is 0 Å². The van der Waals surface area contributed by atoms with Gasteiger partial charge in [-0.05, 0) is 53.1 Å². The molecule has 2 aromatic rings. The number of piperazine rings is 1. The minimum atomic E-state index is -3.67. The van der Waals surface area contributed by atoms with Gasteiger partial charge in [-0.2, -0.15) is 0 Å². The minimum absolute atomic E-state index is 0.129. The predicted octanol–water partition coefficient (Wildman–Crippen LogP) is 3.94. The third-order valence-corrected chi connectivity index (χ3v) is 6.43. The fourth-order valence-electron chi connectivity index (χ4n) is 3.58. The second-order valence-electron chi connectivity index (χ2n) is 7.16. The highest BCUT2D eigenvalue weighted by Gasteiger charge is 2.19. The molecule has 1 aliphatic rings. The molecule has 0 bridgehead atoms. The quantitative estimate of drug-likeness (QED) is 0.658. The van der Waals surface area contributed by atoms with E-state index in [1.807, 2.05) is 36.4 Å². The van der Waals surface area contributed by atoms with Gasteiger partial charge in [0.05, 0.1) is 4.90 Å². The Morgan fingerprint density at radius 2 is 1.57 bits per heavy atom. The summed E-state index contributed by atoms with van der Waals surface area (Å²) >= 11 is 6.01. The monoisotopic (exact) mass is 443 g/mol. The Morgan fingerprint density at radius 3 is 2.07 bits per heavy atom. The Bertz CT molecular complexity index is 1040. The van der Waals surface area contributed by atoms with Crippen molar-refractivity contribution in [2.24, 2.45) is 5.14 Å². The standard InChI is InChI=1S/C23H26ClN3O2S/c1-3-18(23(4-2)19-5-7-20(24)8-6-19)17-26-13-15-27(16-14-26)21-9-11-22(12-10-21)30(25,28)29/h3-12H,1-2,13-17H2,(H2,25,28,29)/b23-18-. The molecule has 0 spiro atoms. The lowest BCUT2D eigenvalue weighted by atomic mass is 9.99. The zero-order chi connectivity index (χ0) is 21.7. The van der Waals surface area contributed by atoms with E-state index in [4.69, 9.17) is 16.7 Å². The highest BCUT2D eigenvalue weighted by molar-refractivity contribution is 7.89. The van der Waals surface area contributed by atoms with Crippen molar-refractivity contribution in [3.05, 3.63) is 90.0 Å². The third kappa shape index (κ3) is 5.40. The lowest BCUT2D eigenvalue weighted by Gasteiger charge is -2.36. The van der Waals surface area contributed by atoms with E-state index in [1.165, 1.54) is 0 Å². The molecule has 1 heterocycles. The number of sulfonamides is 1. The zero-order valence-electron chi connectivity index (χ0n) is 16.8.